The molecule has 0 bridgehead atoms. The van der Waals surface area contributed by atoms with Crippen LogP contribution in [0.15, 0.2) is 107 Å². The smallest absolute Gasteiger partial charge is 0.277 e. The molecule has 1 amide bonds. The maximum absolute atomic E-state index is 13.9. The Labute approximate surface area is 262 Å². The Hall–Kier alpha value is -5.94. The van der Waals surface area contributed by atoms with Crippen molar-refractivity contribution in [2.75, 3.05) is 23.8 Å². The monoisotopic (exact) mass is 613 g/mol. The second kappa shape index (κ2) is 12.6. The van der Waals surface area contributed by atoms with E-state index in [1.807, 2.05) is 72.8 Å². The van der Waals surface area contributed by atoms with E-state index in [-0.39, 0.29) is 36.9 Å². The zero-order chi connectivity index (χ0) is 31.5. The van der Waals surface area contributed by atoms with Crippen molar-refractivity contribution in [3.8, 4) is 11.4 Å². The van der Waals surface area contributed by atoms with Crippen LogP contribution in [0.5, 0.6) is 0 Å². The van der Waals surface area contributed by atoms with E-state index < -0.39 is 0 Å². The summed E-state index contributed by atoms with van der Waals surface area (Å²) in [6, 6.07) is 25.0. The van der Waals surface area contributed by atoms with Crippen molar-refractivity contribution >= 4 is 50.1 Å². The number of fused-ring (bicyclic) bond motifs is 4. The number of furan rings is 1. The van der Waals surface area contributed by atoms with Gasteiger partial charge in [0.05, 0.1) is 19.3 Å². The number of aliphatic hydroxyl groups excluding tert-OH is 1. The summed E-state index contributed by atoms with van der Waals surface area (Å²) in [7, 11) is 0. The highest BCUT2D eigenvalue weighted by Crippen LogP contribution is 2.29. The van der Waals surface area contributed by atoms with E-state index in [9.17, 15) is 9.59 Å². The summed E-state index contributed by atoms with van der Waals surface area (Å²) in [5.41, 5.74) is 5.74. The molecule has 4 aromatic heterocycles. The molecule has 0 aliphatic heterocycles. The molecule has 0 fully saturated rings. The van der Waals surface area contributed by atoms with Crippen LogP contribution in [0.3, 0.4) is 0 Å². The Morgan fingerprint density at radius 1 is 0.913 bits per heavy atom. The fourth-order valence-electron chi connectivity index (χ4n) is 5.53. The molecule has 46 heavy (non-hydrogen) atoms. The normalized spacial score (nSPS) is 11.3. The van der Waals surface area contributed by atoms with Crippen LogP contribution in [-0.4, -0.2) is 43.7 Å². The number of benzene rings is 3. The number of carbonyl (C=O) groups is 1. The van der Waals surface area contributed by atoms with Crippen molar-refractivity contribution in [2.45, 2.75) is 19.6 Å². The number of anilines is 2. The molecule has 0 aliphatic rings. The van der Waals surface area contributed by atoms with Gasteiger partial charge in [0.25, 0.3) is 5.56 Å². The molecular formula is C35H31N7O4. The highest BCUT2D eigenvalue weighted by molar-refractivity contribution is 6.05. The summed E-state index contributed by atoms with van der Waals surface area (Å²) >= 11 is 0. The van der Waals surface area contributed by atoms with E-state index >= 15 is 0 Å². The summed E-state index contributed by atoms with van der Waals surface area (Å²) in [5, 5.41) is 21.3. The fourth-order valence-corrected chi connectivity index (χ4v) is 5.53. The third-order valence-electron chi connectivity index (χ3n) is 7.81. The Balaban J connectivity index is 1.14. The fraction of sp³-hybridized carbons (Fsp3) is 0.143. The molecule has 3 aromatic carbocycles. The zero-order valence-electron chi connectivity index (χ0n) is 24.8. The van der Waals surface area contributed by atoms with Gasteiger partial charge in [-0.15, -0.1) is 0 Å². The SMILES string of the molecule is O=C(Cn1c(-c2ccc(NCCO)cc2)ncc(NCc2ccc3oc4ccccc4c3c2)c1=O)NCc1cc2cnccc2[nH]1. The van der Waals surface area contributed by atoms with Gasteiger partial charge in [-0.05, 0) is 60.2 Å². The van der Waals surface area contributed by atoms with Crippen molar-refractivity contribution in [1.82, 2.24) is 24.8 Å². The number of aliphatic hydroxyl groups is 1. The second-order valence-electron chi connectivity index (χ2n) is 10.9. The molecule has 5 N–H and O–H groups in total. The van der Waals surface area contributed by atoms with Crippen LogP contribution in [0, 0.1) is 0 Å². The minimum Gasteiger partial charge on any atom is -0.456 e. The van der Waals surface area contributed by atoms with Crippen molar-refractivity contribution in [3.63, 3.8) is 0 Å². The van der Waals surface area contributed by atoms with Gasteiger partial charge in [-0.25, -0.2) is 4.98 Å². The number of aromatic amines is 1. The average molecular weight is 614 g/mol. The van der Waals surface area contributed by atoms with Crippen LogP contribution in [-0.2, 0) is 24.4 Å². The van der Waals surface area contributed by atoms with Crippen LogP contribution in [0.4, 0.5) is 11.4 Å². The van der Waals surface area contributed by atoms with E-state index in [0.717, 1.165) is 49.8 Å². The summed E-state index contributed by atoms with van der Waals surface area (Å²) < 4.78 is 7.33. The van der Waals surface area contributed by atoms with Gasteiger partial charge >= 0.3 is 0 Å². The summed E-state index contributed by atoms with van der Waals surface area (Å²) in [6.07, 6.45) is 4.97. The van der Waals surface area contributed by atoms with Gasteiger partial charge in [0.15, 0.2) is 0 Å². The van der Waals surface area contributed by atoms with E-state index in [4.69, 9.17) is 9.52 Å². The topological polar surface area (TPSA) is 150 Å². The van der Waals surface area contributed by atoms with Gasteiger partial charge in [0.2, 0.25) is 5.91 Å². The number of para-hydroxylation sites is 1. The number of nitrogens with zero attached hydrogens (tertiary/aromatic N) is 3. The lowest BCUT2D eigenvalue weighted by atomic mass is 10.1. The van der Waals surface area contributed by atoms with Crippen molar-refractivity contribution in [1.29, 1.82) is 0 Å². The molecule has 7 rings (SSSR count). The van der Waals surface area contributed by atoms with Crippen LogP contribution < -0.4 is 21.5 Å². The van der Waals surface area contributed by atoms with Crippen molar-refractivity contribution < 1.29 is 14.3 Å². The molecule has 7 aromatic rings. The zero-order valence-corrected chi connectivity index (χ0v) is 24.8. The molecule has 11 nitrogen and oxygen atoms in total. The number of aromatic nitrogens is 4. The molecule has 0 unspecified atom stereocenters. The van der Waals surface area contributed by atoms with E-state index in [1.54, 1.807) is 12.4 Å². The summed E-state index contributed by atoms with van der Waals surface area (Å²) in [6.45, 7) is 0.835. The van der Waals surface area contributed by atoms with Crippen LogP contribution in [0.1, 0.15) is 11.3 Å². The largest absolute Gasteiger partial charge is 0.456 e. The molecule has 0 aliphatic carbocycles. The average Bonchev–Trinajstić information content (AvgIpc) is 3.68. The van der Waals surface area contributed by atoms with Crippen LogP contribution in [0.2, 0.25) is 0 Å². The molecule has 0 atom stereocenters. The molecule has 4 heterocycles. The number of nitrogens with one attached hydrogen (secondary N) is 4. The van der Waals surface area contributed by atoms with E-state index in [1.165, 1.54) is 10.8 Å². The van der Waals surface area contributed by atoms with Gasteiger partial charge in [0, 0.05) is 64.1 Å². The van der Waals surface area contributed by atoms with Gasteiger partial charge in [0.1, 0.15) is 29.2 Å². The Morgan fingerprint density at radius 3 is 2.61 bits per heavy atom. The number of hydrogen-bond donors (Lipinski definition) is 5. The lowest BCUT2D eigenvalue weighted by molar-refractivity contribution is -0.121. The molecule has 0 radical (unpaired) electrons. The number of rotatable bonds is 11. The number of pyridine rings is 1. The molecule has 0 saturated carbocycles. The lowest BCUT2D eigenvalue weighted by Crippen LogP contribution is -2.34. The van der Waals surface area contributed by atoms with E-state index in [2.05, 4.69) is 37.0 Å². The molecular weight excluding hydrogens is 582 g/mol. The number of carbonyl (C=O) groups excluding carboxylic acids is 1. The third kappa shape index (κ3) is 5.91. The highest BCUT2D eigenvalue weighted by atomic mass is 16.3. The molecule has 0 saturated heterocycles. The molecule has 11 heteroatoms. The van der Waals surface area contributed by atoms with Gasteiger partial charge in [-0.2, -0.15) is 0 Å². The lowest BCUT2D eigenvalue weighted by Gasteiger charge is -2.15. The Kier molecular flexibility index (Phi) is 7.88. The Bertz CT molecular complexity index is 2200. The van der Waals surface area contributed by atoms with Crippen LogP contribution >= 0.6 is 0 Å². The second-order valence-corrected chi connectivity index (χ2v) is 10.9. The molecule has 230 valence electrons. The van der Waals surface area contributed by atoms with Crippen molar-refractivity contribution in [3.05, 3.63) is 119 Å². The van der Waals surface area contributed by atoms with Crippen molar-refractivity contribution in [2.24, 2.45) is 0 Å². The predicted octanol–water partition coefficient (Wildman–Crippen LogP) is 5.02. The maximum Gasteiger partial charge on any atom is 0.277 e. The van der Waals surface area contributed by atoms with Gasteiger partial charge in [-0.1, -0.05) is 24.3 Å². The maximum atomic E-state index is 13.9. The molecule has 0 spiro atoms. The first-order chi connectivity index (χ1) is 22.6. The first-order valence-electron chi connectivity index (χ1n) is 14.9. The summed E-state index contributed by atoms with van der Waals surface area (Å²) in [4.78, 5) is 39.1. The van der Waals surface area contributed by atoms with Crippen LogP contribution in [0.25, 0.3) is 44.2 Å². The predicted molar refractivity (Wildman–Crippen MR) is 178 cm³/mol. The van der Waals surface area contributed by atoms with Gasteiger partial charge < -0.3 is 30.5 Å². The minimum absolute atomic E-state index is 0.00828. The number of H-pyrrole nitrogens is 1. The number of hydrogen-bond acceptors (Lipinski definition) is 8. The highest BCUT2D eigenvalue weighted by Gasteiger charge is 2.16. The quantitative estimate of drug-likeness (QED) is 0.137. The summed E-state index contributed by atoms with van der Waals surface area (Å²) in [5.74, 6) is 0.0278. The number of amides is 1. The standard InChI is InChI=1S/C35H31N7O4/c43-14-13-37-25-8-6-23(7-9-25)34-40-20-30(38-17-22-5-10-32-28(15-22)27-3-1-2-4-31(27)46-32)35(45)42(34)21-33(44)39-19-26-16-24-18-36-12-11-29(24)41-26/h1-12,15-16,18,20,37-38,41,43H,13-14,17,19,21H2,(H,39,44). The first kappa shape index (κ1) is 28.8. The van der Waals surface area contributed by atoms with Gasteiger partial charge in [-0.3, -0.25) is 19.1 Å². The first-order valence-corrected chi connectivity index (χ1v) is 14.9. The third-order valence-corrected chi connectivity index (χ3v) is 7.81. The minimum atomic E-state index is -0.367. The van der Waals surface area contributed by atoms with E-state index in [0.29, 0.717) is 24.5 Å². The Morgan fingerprint density at radius 2 is 1.76 bits per heavy atom.